The van der Waals surface area contributed by atoms with Gasteiger partial charge in [0.05, 0.1) is 0 Å². The molecule has 2 aromatic rings. The minimum absolute atomic E-state index is 0.374. The summed E-state index contributed by atoms with van der Waals surface area (Å²) in [5.74, 6) is 2.34. The van der Waals surface area contributed by atoms with Crippen LogP contribution in [0.5, 0.6) is 5.75 Å². The highest BCUT2D eigenvalue weighted by Crippen LogP contribution is 2.17. The van der Waals surface area contributed by atoms with Crippen molar-refractivity contribution in [3.05, 3.63) is 46.9 Å². The van der Waals surface area contributed by atoms with E-state index in [1.54, 1.807) is 0 Å². The zero-order chi connectivity index (χ0) is 13.8. The Bertz CT molecular complexity index is 582. The first-order valence-electron chi connectivity index (χ1n) is 6.31. The molecule has 1 N–H and O–H groups in total. The SMILES string of the molecule is CNc1cc(C)nc(COc2ccc(C)c(C)c2)n1. The van der Waals surface area contributed by atoms with Crippen molar-refractivity contribution in [1.29, 1.82) is 0 Å². The monoisotopic (exact) mass is 257 g/mol. The fourth-order valence-corrected chi connectivity index (χ4v) is 1.77. The molecule has 1 heterocycles. The van der Waals surface area contributed by atoms with E-state index in [-0.39, 0.29) is 0 Å². The third kappa shape index (κ3) is 3.44. The molecule has 0 spiro atoms. The lowest BCUT2D eigenvalue weighted by Crippen LogP contribution is -2.05. The summed E-state index contributed by atoms with van der Waals surface area (Å²) < 4.78 is 5.73. The molecule has 4 heteroatoms. The van der Waals surface area contributed by atoms with E-state index in [0.29, 0.717) is 12.4 Å². The maximum Gasteiger partial charge on any atom is 0.168 e. The van der Waals surface area contributed by atoms with Gasteiger partial charge in [-0.15, -0.1) is 0 Å². The number of hydrogen-bond donors (Lipinski definition) is 1. The number of hydrogen-bond acceptors (Lipinski definition) is 4. The highest BCUT2D eigenvalue weighted by molar-refractivity contribution is 5.35. The molecule has 0 aliphatic carbocycles. The molecule has 0 bridgehead atoms. The summed E-state index contributed by atoms with van der Waals surface area (Å²) in [6.45, 7) is 6.48. The second-order valence-electron chi connectivity index (χ2n) is 4.60. The van der Waals surface area contributed by atoms with E-state index in [4.69, 9.17) is 4.74 Å². The van der Waals surface area contributed by atoms with Crippen LogP contribution in [0.2, 0.25) is 0 Å². The quantitative estimate of drug-likeness (QED) is 0.914. The van der Waals surface area contributed by atoms with Gasteiger partial charge < -0.3 is 10.1 Å². The van der Waals surface area contributed by atoms with E-state index in [9.17, 15) is 0 Å². The molecule has 0 aliphatic heterocycles. The van der Waals surface area contributed by atoms with Crippen molar-refractivity contribution in [3.63, 3.8) is 0 Å². The predicted octanol–water partition coefficient (Wildman–Crippen LogP) is 3.02. The van der Waals surface area contributed by atoms with Crippen LogP contribution in [0.1, 0.15) is 22.6 Å². The number of benzene rings is 1. The fourth-order valence-electron chi connectivity index (χ4n) is 1.77. The molecule has 0 saturated carbocycles. The summed E-state index contributed by atoms with van der Waals surface area (Å²) in [5, 5.41) is 3.02. The van der Waals surface area contributed by atoms with E-state index < -0.39 is 0 Å². The van der Waals surface area contributed by atoms with Crippen LogP contribution in [0.25, 0.3) is 0 Å². The number of nitrogens with one attached hydrogen (secondary N) is 1. The molecule has 19 heavy (non-hydrogen) atoms. The van der Waals surface area contributed by atoms with E-state index in [1.165, 1.54) is 11.1 Å². The molecule has 100 valence electrons. The number of nitrogens with zero attached hydrogens (tertiary/aromatic N) is 2. The third-order valence-corrected chi connectivity index (χ3v) is 3.00. The third-order valence-electron chi connectivity index (χ3n) is 3.00. The second kappa shape index (κ2) is 5.69. The molecule has 1 aromatic heterocycles. The van der Waals surface area contributed by atoms with Crippen LogP contribution in [-0.2, 0) is 6.61 Å². The van der Waals surface area contributed by atoms with Gasteiger partial charge in [0.2, 0.25) is 0 Å². The number of ether oxygens (including phenoxy) is 1. The Morgan fingerprint density at radius 2 is 1.84 bits per heavy atom. The number of aromatic nitrogens is 2. The van der Waals surface area contributed by atoms with Gasteiger partial charge in [0, 0.05) is 18.8 Å². The molecule has 0 amide bonds. The summed E-state index contributed by atoms with van der Waals surface area (Å²) in [7, 11) is 1.84. The Balaban J connectivity index is 2.09. The van der Waals surface area contributed by atoms with Crippen LogP contribution in [0, 0.1) is 20.8 Å². The molecule has 4 nitrogen and oxygen atoms in total. The first-order valence-corrected chi connectivity index (χ1v) is 6.31. The van der Waals surface area contributed by atoms with Crippen LogP contribution in [0.3, 0.4) is 0 Å². The largest absolute Gasteiger partial charge is 0.486 e. The Labute approximate surface area is 113 Å². The van der Waals surface area contributed by atoms with E-state index >= 15 is 0 Å². The Hall–Kier alpha value is -2.10. The van der Waals surface area contributed by atoms with Crippen LogP contribution in [0.15, 0.2) is 24.3 Å². The van der Waals surface area contributed by atoms with E-state index in [2.05, 4.69) is 35.2 Å². The van der Waals surface area contributed by atoms with E-state index in [1.807, 2.05) is 32.2 Å². The van der Waals surface area contributed by atoms with Crippen LogP contribution >= 0.6 is 0 Å². The van der Waals surface area contributed by atoms with E-state index in [0.717, 1.165) is 17.3 Å². The van der Waals surface area contributed by atoms with Gasteiger partial charge in [0.25, 0.3) is 0 Å². The molecular formula is C15H19N3O. The van der Waals surface area contributed by atoms with Crippen molar-refractivity contribution in [2.24, 2.45) is 0 Å². The van der Waals surface area contributed by atoms with Crippen molar-refractivity contribution >= 4 is 5.82 Å². The average molecular weight is 257 g/mol. The first kappa shape index (κ1) is 13.3. The maximum absolute atomic E-state index is 5.73. The lowest BCUT2D eigenvalue weighted by Gasteiger charge is -2.09. The van der Waals surface area contributed by atoms with Gasteiger partial charge in [0.15, 0.2) is 5.82 Å². The number of anilines is 1. The number of aryl methyl sites for hydroxylation is 3. The van der Waals surface area contributed by atoms with Gasteiger partial charge in [-0.3, -0.25) is 0 Å². The minimum Gasteiger partial charge on any atom is -0.486 e. The van der Waals surface area contributed by atoms with Crippen LogP contribution in [0.4, 0.5) is 5.82 Å². The molecule has 0 radical (unpaired) electrons. The second-order valence-corrected chi connectivity index (χ2v) is 4.60. The summed E-state index contributed by atoms with van der Waals surface area (Å²) in [4.78, 5) is 8.72. The molecule has 0 fully saturated rings. The lowest BCUT2D eigenvalue weighted by molar-refractivity contribution is 0.295. The molecule has 1 aromatic carbocycles. The lowest BCUT2D eigenvalue weighted by atomic mass is 10.1. The zero-order valence-electron chi connectivity index (χ0n) is 11.8. The summed E-state index contributed by atoms with van der Waals surface area (Å²) in [6.07, 6.45) is 0. The normalized spacial score (nSPS) is 10.3. The Morgan fingerprint density at radius 3 is 2.53 bits per heavy atom. The average Bonchev–Trinajstić information content (AvgIpc) is 2.39. The first-order chi connectivity index (χ1) is 9.08. The van der Waals surface area contributed by atoms with Crippen molar-refractivity contribution in [2.75, 3.05) is 12.4 Å². The molecule has 0 saturated heterocycles. The van der Waals surface area contributed by atoms with Crippen molar-refractivity contribution < 1.29 is 4.74 Å². The number of rotatable bonds is 4. The summed E-state index contributed by atoms with van der Waals surface area (Å²) in [5.41, 5.74) is 3.41. The van der Waals surface area contributed by atoms with Gasteiger partial charge in [-0.2, -0.15) is 0 Å². The topological polar surface area (TPSA) is 47.0 Å². The van der Waals surface area contributed by atoms with Crippen molar-refractivity contribution in [2.45, 2.75) is 27.4 Å². The zero-order valence-corrected chi connectivity index (χ0v) is 11.8. The van der Waals surface area contributed by atoms with Crippen LogP contribution in [-0.4, -0.2) is 17.0 Å². The van der Waals surface area contributed by atoms with Gasteiger partial charge >= 0.3 is 0 Å². The molecule has 2 rings (SSSR count). The predicted molar refractivity (Wildman–Crippen MR) is 76.6 cm³/mol. The van der Waals surface area contributed by atoms with Crippen LogP contribution < -0.4 is 10.1 Å². The summed E-state index contributed by atoms with van der Waals surface area (Å²) in [6, 6.07) is 7.96. The van der Waals surface area contributed by atoms with Gasteiger partial charge in [0.1, 0.15) is 18.2 Å². The highest BCUT2D eigenvalue weighted by Gasteiger charge is 2.03. The van der Waals surface area contributed by atoms with Gasteiger partial charge in [-0.1, -0.05) is 6.07 Å². The standard InChI is InChI=1S/C15H19N3O/c1-10-5-6-13(7-11(10)2)19-9-15-17-12(3)8-14(16-4)18-15/h5-8H,9H2,1-4H3,(H,16,17,18). The molecular weight excluding hydrogens is 238 g/mol. The Morgan fingerprint density at radius 1 is 1.05 bits per heavy atom. The maximum atomic E-state index is 5.73. The molecule has 0 unspecified atom stereocenters. The van der Waals surface area contributed by atoms with Crippen molar-refractivity contribution in [1.82, 2.24) is 9.97 Å². The molecule has 0 aliphatic rings. The fraction of sp³-hybridized carbons (Fsp3) is 0.333. The summed E-state index contributed by atoms with van der Waals surface area (Å²) >= 11 is 0. The Kier molecular flexibility index (Phi) is 4.00. The highest BCUT2D eigenvalue weighted by atomic mass is 16.5. The smallest absolute Gasteiger partial charge is 0.168 e. The van der Waals surface area contributed by atoms with Gasteiger partial charge in [-0.05, 0) is 44.0 Å². The minimum atomic E-state index is 0.374. The molecule has 0 atom stereocenters. The van der Waals surface area contributed by atoms with Gasteiger partial charge in [-0.25, -0.2) is 9.97 Å². The van der Waals surface area contributed by atoms with Crippen molar-refractivity contribution in [3.8, 4) is 5.75 Å².